The second-order valence-corrected chi connectivity index (χ2v) is 18.9. The maximum atomic E-state index is 14.4. The van der Waals surface area contributed by atoms with Gasteiger partial charge in [-0.1, -0.05) is 60.1 Å². The van der Waals surface area contributed by atoms with Crippen LogP contribution in [-0.4, -0.2) is 111 Å². The first kappa shape index (κ1) is 44.1. The van der Waals surface area contributed by atoms with Crippen LogP contribution in [0.4, 0.5) is 21.0 Å². The van der Waals surface area contributed by atoms with Gasteiger partial charge < -0.3 is 29.9 Å². The summed E-state index contributed by atoms with van der Waals surface area (Å²) in [6, 6.07) is 19.9. The molecular formula is C42H55ClN6O8S. The lowest BCUT2D eigenvalue weighted by Crippen LogP contribution is -2.59. The van der Waals surface area contributed by atoms with E-state index in [9.17, 15) is 27.6 Å². The first-order valence-corrected chi connectivity index (χ1v) is 21.6. The van der Waals surface area contributed by atoms with Gasteiger partial charge in [-0.15, -0.1) is 0 Å². The summed E-state index contributed by atoms with van der Waals surface area (Å²) in [6.45, 7) is 12.0. The number of para-hydroxylation sites is 2. The van der Waals surface area contributed by atoms with Crippen molar-refractivity contribution in [2.45, 2.75) is 84.2 Å². The van der Waals surface area contributed by atoms with Crippen LogP contribution in [0.25, 0.3) is 0 Å². The summed E-state index contributed by atoms with van der Waals surface area (Å²) in [5, 5.41) is 6.17. The Morgan fingerprint density at radius 1 is 0.845 bits per heavy atom. The van der Waals surface area contributed by atoms with Gasteiger partial charge in [-0.2, -0.15) is 0 Å². The molecular weight excluding hydrogens is 784 g/mol. The topological polar surface area (TPSA) is 158 Å². The molecule has 2 heterocycles. The number of sulfonamides is 1. The van der Waals surface area contributed by atoms with Crippen molar-refractivity contribution in [2.75, 3.05) is 54.7 Å². The number of carbonyl (C=O) groups is 4. The third kappa shape index (κ3) is 12.0. The number of hydrogen-bond donors (Lipinski definition) is 2. The molecule has 0 saturated carbocycles. The number of halogens is 1. The average molecular weight is 839 g/mol. The summed E-state index contributed by atoms with van der Waals surface area (Å²) in [6.07, 6.45) is 0.282. The maximum absolute atomic E-state index is 14.4. The Kier molecular flexibility index (Phi) is 13.9. The van der Waals surface area contributed by atoms with Gasteiger partial charge in [0.05, 0.1) is 30.7 Å². The van der Waals surface area contributed by atoms with Crippen LogP contribution in [-0.2, 0) is 48.5 Å². The van der Waals surface area contributed by atoms with Crippen LogP contribution in [0.15, 0.2) is 72.8 Å². The predicted molar refractivity (Wildman–Crippen MR) is 224 cm³/mol. The first-order valence-electron chi connectivity index (χ1n) is 19.4. The molecule has 2 aliphatic rings. The van der Waals surface area contributed by atoms with E-state index >= 15 is 0 Å². The van der Waals surface area contributed by atoms with Crippen molar-refractivity contribution in [3.8, 4) is 0 Å². The monoisotopic (exact) mass is 838 g/mol. The quantitative estimate of drug-likeness (QED) is 0.259. The van der Waals surface area contributed by atoms with Gasteiger partial charge in [0.15, 0.2) is 0 Å². The highest BCUT2D eigenvalue weighted by Gasteiger charge is 2.39. The van der Waals surface area contributed by atoms with Crippen molar-refractivity contribution in [2.24, 2.45) is 0 Å². The summed E-state index contributed by atoms with van der Waals surface area (Å²) in [7, 11) is -3.77. The van der Waals surface area contributed by atoms with E-state index in [0.717, 1.165) is 22.9 Å². The van der Waals surface area contributed by atoms with Crippen LogP contribution >= 0.6 is 11.6 Å². The second kappa shape index (κ2) is 18.3. The Hall–Kier alpha value is -5.02. The number of hydrogen-bond acceptors (Lipinski definition) is 9. The van der Waals surface area contributed by atoms with Crippen molar-refractivity contribution in [3.05, 3.63) is 94.5 Å². The number of nitrogens with zero attached hydrogens (tertiary/aromatic N) is 4. The molecule has 2 unspecified atom stereocenters. The van der Waals surface area contributed by atoms with Gasteiger partial charge in [0.2, 0.25) is 21.8 Å². The highest BCUT2D eigenvalue weighted by atomic mass is 35.5. The zero-order chi connectivity index (χ0) is 42.4. The molecule has 0 spiro atoms. The molecule has 0 radical (unpaired) electrons. The molecule has 16 heteroatoms. The smallest absolute Gasteiger partial charge is 0.411 e. The number of fused-ring (bicyclic) bond motifs is 1. The summed E-state index contributed by atoms with van der Waals surface area (Å²) in [5.74, 6) is -0.760. The van der Waals surface area contributed by atoms with Crippen molar-refractivity contribution in [3.63, 3.8) is 0 Å². The SMILES string of the molecule is CC(C)(C)OC(=O)NCCN(c1ccccc1N1CCN(C(=O)C(Cc2ccc(Cl)cc2)NC(=O)C2Cc3ccccc3CN2C(=O)OC(C)(C)C)CC1)S(C)(=O)=O. The van der Waals surface area contributed by atoms with Crippen molar-refractivity contribution >= 4 is 57.0 Å². The molecule has 3 aromatic rings. The number of benzene rings is 3. The Balaban J connectivity index is 1.33. The fourth-order valence-corrected chi connectivity index (χ4v) is 8.02. The zero-order valence-electron chi connectivity index (χ0n) is 34.3. The molecule has 2 aliphatic heterocycles. The van der Waals surface area contributed by atoms with E-state index in [0.29, 0.717) is 42.6 Å². The summed E-state index contributed by atoms with van der Waals surface area (Å²) >= 11 is 6.17. The Morgan fingerprint density at radius 3 is 2.07 bits per heavy atom. The molecule has 5 rings (SSSR count). The molecule has 0 aromatic heterocycles. The number of carbonyl (C=O) groups excluding carboxylic acids is 4. The molecule has 1 saturated heterocycles. The summed E-state index contributed by atoms with van der Waals surface area (Å²) in [4.78, 5) is 59.6. The molecule has 0 aliphatic carbocycles. The summed E-state index contributed by atoms with van der Waals surface area (Å²) in [5.41, 5.74) is 2.25. The lowest BCUT2D eigenvalue weighted by atomic mass is 9.93. The van der Waals surface area contributed by atoms with E-state index < -0.39 is 51.4 Å². The van der Waals surface area contributed by atoms with Crippen molar-refractivity contribution in [1.82, 2.24) is 20.4 Å². The maximum Gasteiger partial charge on any atom is 0.411 e. The van der Waals surface area contributed by atoms with E-state index in [-0.39, 0.29) is 38.4 Å². The Labute approximate surface area is 346 Å². The molecule has 0 bridgehead atoms. The normalized spacial score (nSPS) is 16.5. The van der Waals surface area contributed by atoms with Crippen LogP contribution < -0.4 is 19.8 Å². The van der Waals surface area contributed by atoms with Gasteiger partial charge in [0.1, 0.15) is 23.3 Å². The molecule has 4 amide bonds. The molecule has 1 fully saturated rings. The van der Waals surface area contributed by atoms with E-state index in [1.54, 1.807) is 70.7 Å². The van der Waals surface area contributed by atoms with E-state index in [1.807, 2.05) is 53.4 Å². The van der Waals surface area contributed by atoms with Gasteiger partial charge in [-0.3, -0.25) is 18.8 Å². The molecule has 3 aromatic carbocycles. The summed E-state index contributed by atoms with van der Waals surface area (Å²) < 4.78 is 38.4. The highest BCUT2D eigenvalue weighted by molar-refractivity contribution is 7.92. The van der Waals surface area contributed by atoms with Gasteiger partial charge in [0.25, 0.3) is 0 Å². The lowest BCUT2D eigenvalue weighted by Gasteiger charge is -2.40. The molecule has 314 valence electrons. The minimum atomic E-state index is -3.77. The number of nitrogens with one attached hydrogen (secondary N) is 2. The van der Waals surface area contributed by atoms with Crippen LogP contribution in [0.3, 0.4) is 0 Å². The third-order valence-electron chi connectivity index (χ3n) is 9.61. The Bertz CT molecular complexity index is 2060. The van der Waals surface area contributed by atoms with Gasteiger partial charge in [-0.05, 0) is 82.5 Å². The number of anilines is 2. The van der Waals surface area contributed by atoms with Crippen LogP contribution in [0.1, 0.15) is 58.2 Å². The molecule has 58 heavy (non-hydrogen) atoms. The number of rotatable bonds is 11. The molecule has 2 atom stereocenters. The fraction of sp³-hybridized carbons (Fsp3) is 0.476. The minimum Gasteiger partial charge on any atom is -0.444 e. The number of piperazine rings is 1. The highest BCUT2D eigenvalue weighted by Crippen LogP contribution is 2.32. The fourth-order valence-electron chi connectivity index (χ4n) is 6.96. The number of ether oxygens (including phenoxy) is 2. The second-order valence-electron chi connectivity index (χ2n) is 16.6. The standard InChI is InChI=1S/C42H55ClN6O8S/c1-41(2,3)56-39(52)44-20-21-49(58(7,54)55)35-15-11-10-14-34(35)46-22-24-47(25-23-46)38(51)33(26-29-16-18-32(43)19-17-29)45-37(50)36-27-30-12-8-9-13-31(30)28-48(36)40(53)57-42(4,5)6/h8-19,33,36H,20-28H2,1-7H3,(H,44,52)(H,45,50). The zero-order valence-corrected chi connectivity index (χ0v) is 35.9. The van der Waals surface area contributed by atoms with E-state index in [2.05, 4.69) is 10.6 Å². The number of alkyl carbamates (subject to hydrolysis) is 1. The van der Waals surface area contributed by atoms with Gasteiger partial charge >= 0.3 is 12.2 Å². The van der Waals surface area contributed by atoms with Gasteiger partial charge in [0, 0.05) is 50.6 Å². The van der Waals surface area contributed by atoms with Crippen molar-refractivity contribution in [1.29, 1.82) is 0 Å². The third-order valence-corrected chi connectivity index (χ3v) is 11.0. The van der Waals surface area contributed by atoms with Crippen molar-refractivity contribution < 1.29 is 37.1 Å². The predicted octanol–water partition coefficient (Wildman–Crippen LogP) is 5.37. The van der Waals surface area contributed by atoms with Crippen LogP contribution in [0.5, 0.6) is 0 Å². The van der Waals surface area contributed by atoms with Gasteiger partial charge in [-0.25, -0.2) is 18.0 Å². The Morgan fingerprint density at radius 2 is 1.45 bits per heavy atom. The van der Waals surface area contributed by atoms with Crippen LogP contribution in [0, 0.1) is 0 Å². The minimum absolute atomic E-state index is 0.0161. The lowest BCUT2D eigenvalue weighted by molar-refractivity contribution is -0.138. The number of amides is 4. The van der Waals surface area contributed by atoms with E-state index in [1.165, 1.54) is 9.21 Å². The van der Waals surface area contributed by atoms with Crippen LogP contribution in [0.2, 0.25) is 5.02 Å². The molecule has 2 N–H and O–H groups in total. The largest absolute Gasteiger partial charge is 0.444 e. The average Bonchev–Trinajstić information content (AvgIpc) is 3.14. The van der Waals surface area contributed by atoms with E-state index in [4.69, 9.17) is 21.1 Å². The molecule has 14 nitrogen and oxygen atoms in total. The first-order chi connectivity index (χ1) is 27.2.